The lowest BCUT2D eigenvalue weighted by molar-refractivity contribution is 0.102. The molecule has 21 heavy (non-hydrogen) atoms. The monoisotopic (exact) mass is 284 g/mol. The van der Waals surface area contributed by atoms with Crippen LogP contribution in [0, 0.1) is 13.8 Å². The molecule has 0 aromatic heterocycles. The van der Waals surface area contributed by atoms with Crippen molar-refractivity contribution >= 4 is 17.3 Å². The topological polar surface area (TPSA) is 64.3 Å². The fourth-order valence-electron chi connectivity index (χ4n) is 2.17. The lowest BCUT2D eigenvalue weighted by Gasteiger charge is -2.12. The predicted molar refractivity (Wildman–Crippen MR) is 85.9 cm³/mol. The van der Waals surface area contributed by atoms with Gasteiger partial charge in [-0.3, -0.25) is 4.79 Å². The van der Waals surface area contributed by atoms with Crippen molar-refractivity contribution in [3.8, 4) is 5.75 Å². The van der Waals surface area contributed by atoms with Gasteiger partial charge in [0.05, 0.1) is 12.3 Å². The standard InChI is InChI=1S/C17H20N2O2/c1-4-21-15-9-8-13(10-14(15)18)17(20)19-16-11(2)6-5-7-12(16)3/h5-10H,4,18H2,1-3H3,(H,19,20). The lowest BCUT2D eigenvalue weighted by atomic mass is 10.1. The van der Waals surface area contributed by atoms with Crippen molar-refractivity contribution in [2.24, 2.45) is 0 Å². The number of benzene rings is 2. The molecule has 2 aromatic carbocycles. The molecule has 0 aliphatic carbocycles. The van der Waals surface area contributed by atoms with E-state index in [0.717, 1.165) is 16.8 Å². The number of para-hydroxylation sites is 1. The van der Waals surface area contributed by atoms with Gasteiger partial charge in [0, 0.05) is 11.3 Å². The van der Waals surface area contributed by atoms with Crippen LogP contribution >= 0.6 is 0 Å². The number of aryl methyl sites for hydroxylation is 2. The van der Waals surface area contributed by atoms with Crippen molar-refractivity contribution in [3.05, 3.63) is 53.1 Å². The summed E-state index contributed by atoms with van der Waals surface area (Å²) in [6.45, 7) is 6.36. The molecule has 110 valence electrons. The summed E-state index contributed by atoms with van der Waals surface area (Å²) in [6.07, 6.45) is 0. The Hall–Kier alpha value is -2.49. The number of rotatable bonds is 4. The van der Waals surface area contributed by atoms with E-state index in [1.54, 1.807) is 18.2 Å². The molecule has 0 spiro atoms. The smallest absolute Gasteiger partial charge is 0.255 e. The van der Waals surface area contributed by atoms with Crippen LogP contribution in [0.4, 0.5) is 11.4 Å². The van der Waals surface area contributed by atoms with E-state index in [1.165, 1.54) is 0 Å². The molecule has 2 aromatic rings. The Morgan fingerprint density at radius 3 is 2.43 bits per heavy atom. The van der Waals surface area contributed by atoms with Gasteiger partial charge in [-0.15, -0.1) is 0 Å². The first kappa shape index (κ1) is 14.9. The molecule has 0 aliphatic heterocycles. The van der Waals surface area contributed by atoms with Crippen molar-refractivity contribution in [2.75, 3.05) is 17.7 Å². The Labute approximate surface area is 124 Å². The van der Waals surface area contributed by atoms with Crippen LogP contribution in [0.15, 0.2) is 36.4 Å². The third kappa shape index (κ3) is 3.34. The van der Waals surface area contributed by atoms with E-state index in [2.05, 4.69) is 5.32 Å². The van der Waals surface area contributed by atoms with E-state index in [-0.39, 0.29) is 5.91 Å². The summed E-state index contributed by atoms with van der Waals surface area (Å²) in [5, 5.41) is 2.94. The van der Waals surface area contributed by atoms with Gasteiger partial charge >= 0.3 is 0 Å². The van der Waals surface area contributed by atoms with E-state index in [0.29, 0.717) is 23.6 Å². The van der Waals surface area contributed by atoms with Crippen molar-refractivity contribution < 1.29 is 9.53 Å². The van der Waals surface area contributed by atoms with E-state index in [9.17, 15) is 4.79 Å². The van der Waals surface area contributed by atoms with E-state index in [4.69, 9.17) is 10.5 Å². The van der Waals surface area contributed by atoms with Gasteiger partial charge in [-0.05, 0) is 50.1 Å². The number of nitrogens with one attached hydrogen (secondary N) is 1. The Kier molecular flexibility index (Phi) is 4.48. The number of carbonyl (C=O) groups is 1. The Balaban J connectivity index is 2.23. The molecule has 4 nitrogen and oxygen atoms in total. The summed E-state index contributed by atoms with van der Waals surface area (Å²) in [7, 11) is 0. The largest absolute Gasteiger partial charge is 0.492 e. The molecular formula is C17H20N2O2. The first-order chi connectivity index (χ1) is 10.0. The number of amides is 1. The zero-order chi connectivity index (χ0) is 15.4. The molecule has 0 radical (unpaired) electrons. The van der Waals surface area contributed by atoms with Crippen molar-refractivity contribution in [1.82, 2.24) is 0 Å². The van der Waals surface area contributed by atoms with E-state index in [1.807, 2.05) is 39.0 Å². The summed E-state index contributed by atoms with van der Waals surface area (Å²) >= 11 is 0. The quantitative estimate of drug-likeness (QED) is 0.844. The summed E-state index contributed by atoms with van der Waals surface area (Å²) in [6, 6.07) is 11.0. The minimum absolute atomic E-state index is 0.179. The molecule has 0 bridgehead atoms. The number of hydrogen-bond acceptors (Lipinski definition) is 3. The predicted octanol–water partition coefficient (Wildman–Crippen LogP) is 3.54. The SMILES string of the molecule is CCOc1ccc(C(=O)Nc2c(C)cccc2C)cc1N. The highest BCUT2D eigenvalue weighted by Gasteiger charge is 2.11. The van der Waals surface area contributed by atoms with Gasteiger partial charge < -0.3 is 15.8 Å². The molecule has 0 saturated carbocycles. The minimum Gasteiger partial charge on any atom is -0.492 e. The molecular weight excluding hydrogens is 264 g/mol. The zero-order valence-corrected chi connectivity index (χ0v) is 12.6. The maximum atomic E-state index is 12.3. The lowest BCUT2D eigenvalue weighted by Crippen LogP contribution is -2.14. The second-order valence-corrected chi connectivity index (χ2v) is 4.91. The summed E-state index contributed by atoms with van der Waals surface area (Å²) in [5.74, 6) is 0.420. The Bertz CT molecular complexity index is 646. The number of hydrogen-bond donors (Lipinski definition) is 2. The molecule has 3 N–H and O–H groups in total. The van der Waals surface area contributed by atoms with Gasteiger partial charge in [-0.1, -0.05) is 18.2 Å². The van der Waals surface area contributed by atoms with Gasteiger partial charge in [0.1, 0.15) is 5.75 Å². The second kappa shape index (κ2) is 6.31. The molecule has 0 heterocycles. The summed E-state index contributed by atoms with van der Waals surface area (Å²) in [5.41, 5.74) is 9.77. The fourth-order valence-corrected chi connectivity index (χ4v) is 2.17. The highest BCUT2D eigenvalue weighted by Crippen LogP contribution is 2.24. The molecule has 0 unspecified atom stereocenters. The van der Waals surface area contributed by atoms with Crippen molar-refractivity contribution in [1.29, 1.82) is 0 Å². The van der Waals surface area contributed by atoms with Gasteiger partial charge in [-0.25, -0.2) is 0 Å². The third-order valence-corrected chi connectivity index (χ3v) is 3.29. The minimum atomic E-state index is -0.179. The molecule has 0 saturated heterocycles. The normalized spacial score (nSPS) is 10.2. The van der Waals surface area contributed by atoms with Gasteiger partial charge in [0.25, 0.3) is 5.91 Å². The van der Waals surface area contributed by atoms with Crippen LogP contribution in [-0.4, -0.2) is 12.5 Å². The zero-order valence-electron chi connectivity index (χ0n) is 12.6. The average Bonchev–Trinajstić information content (AvgIpc) is 2.45. The Morgan fingerprint density at radius 2 is 1.86 bits per heavy atom. The number of ether oxygens (including phenoxy) is 1. The van der Waals surface area contributed by atoms with E-state index < -0.39 is 0 Å². The highest BCUT2D eigenvalue weighted by molar-refractivity contribution is 6.05. The molecule has 2 rings (SSSR count). The number of carbonyl (C=O) groups excluding carboxylic acids is 1. The van der Waals surface area contributed by atoms with Crippen molar-refractivity contribution in [2.45, 2.75) is 20.8 Å². The van der Waals surface area contributed by atoms with Crippen LogP contribution in [0.5, 0.6) is 5.75 Å². The Morgan fingerprint density at radius 1 is 1.19 bits per heavy atom. The van der Waals surface area contributed by atoms with Crippen LogP contribution in [-0.2, 0) is 0 Å². The first-order valence-corrected chi connectivity index (χ1v) is 6.92. The highest BCUT2D eigenvalue weighted by atomic mass is 16.5. The molecule has 0 fully saturated rings. The maximum absolute atomic E-state index is 12.3. The number of nitrogens with two attached hydrogens (primary N) is 1. The van der Waals surface area contributed by atoms with Gasteiger partial charge in [-0.2, -0.15) is 0 Å². The fraction of sp³-hybridized carbons (Fsp3) is 0.235. The molecule has 0 aliphatic rings. The average molecular weight is 284 g/mol. The molecule has 0 atom stereocenters. The third-order valence-electron chi connectivity index (χ3n) is 3.29. The van der Waals surface area contributed by atoms with Crippen LogP contribution in [0.2, 0.25) is 0 Å². The van der Waals surface area contributed by atoms with Gasteiger partial charge in [0.2, 0.25) is 0 Å². The summed E-state index contributed by atoms with van der Waals surface area (Å²) < 4.78 is 5.37. The first-order valence-electron chi connectivity index (χ1n) is 6.92. The van der Waals surface area contributed by atoms with Crippen LogP contribution in [0.25, 0.3) is 0 Å². The van der Waals surface area contributed by atoms with Gasteiger partial charge in [0.15, 0.2) is 0 Å². The van der Waals surface area contributed by atoms with Crippen LogP contribution < -0.4 is 15.8 Å². The maximum Gasteiger partial charge on any atom is 0.255 e. The van der Waals surface area contributed by atoms with Crippen LogP contribution in [0.3, 0.4) is 0 Å². The number of anilines is 2. The molecule has 4 heteroatoms. The summed E-state index contributed by atoms with van der Waals surface area (Å²) in [4.78, 5) is 12.3. The van der Waals surface area contributed by atoms with E-state index >= 15 is 0 Å². The van der Waals surface area contributed by atoms with Crippen LogP contribution in [0.1, 0.15) is 28.4 Å². The molecule has 1 amide bonds. The number of nitrogen functional groups attached to an aromatic ring is 1. The van der Waals surface area contributed by atoms with Crippen molar-refractivity contribution in [3.63, 3.8) is 0 Å². The second-order valence-electron chi connectivity index (χ2n) is 4.91.